The van der Waals surface area contributed by atoms with Crippen LogP contribution in [0.2, 0.25) is 10.2 Å². The first-order chi connectivity index (χ1) is 8.08. The number of aromatic nitrogens is 1. The van der Waals surface area contributed by atoms with Gasteiger partial charge in [0.15, 0.2) is 5.58 Å². The molecule has 0 spiro atoms. The molecule has 0 aliphatic carbocycles. The van der Waals surface area contributed by atoms with Crippen molar-refractivity contribution in [1.29, 1.82) is 0 Å². The van der Waals surface area contributed by atoms with Gasteiger partial charge in [0.05, 0.1) is 10.6 Å². The SMILES string of the molecule is C[C@@]1(c2cc3nc(Cl)c(Cl)cc3o2)CCCN1. The number of halogens is 2. The Morgan fingerprint density at radius 2 is 2.24 bits per heavy atom. The summed E-state index contributed by atoms with van der Waals surface area (Å²) in [5.74, 6) is 0.899. The third-order valence-corrected chi connectivity index (χ3v) is 4.00. The van der Waals surface area contributed by atoms with Gasteiger partial charge in [0.25, 0.3) is 0 Å². The molecule has 1 atom stereocenters. The lowest BCUT2D eigenvalue weighted by Gasteiger charge is -2.20. The molecule has 2 aromatic rings. The van der Waals surface area contributed by atoms with Crippen LogP contribution in [0.15, 0.2) is 16.5 Å². The van der Waals surface area contributed by atoms with Gasteiger partial charge in [0.2, 0.25) is 0 Å². The maximum absolute atomic E-state index is 5.92. The first-order valence-corrected chi connectivity index (χ1v) is 6.35. The number of rotatable bonds is 1. The van der Waals surface area contributed by atoms with Crippen LogP contribution in [-0.2, 0) is 5.54 Å². The van der Waals surface area contributed by atoms with Gasteiger partial charge in [-0.25, -0.2) is 4.98 Å². The normalized spacial score (nSPS) is 24.6. The van der Waals surface area contributed by atoms with Crippen LogP contribution in [0.1, 0.15) is 25.5 Å². The van der Waals surface area contributed by atoms with E-state index in [1.165, 1.54) is 0 Å². The highest BCUT2D eigenvalue weighted by Crippen LogP contribution is 2.35. The topological polar surface area (TPSA) is 38.1 Å². The molecular formula is C12H12Cl2N2O. The molecule has 0 aromatic carbocycles. The summed E-state index contributed by atoms with van der Waals surface area (Å²) >= 11 is 11.8. The van der Waals surface area contributed by atoms with E-state index in [1.807, 2.05) is 6.07 Å². The van der Waals surface area contributed by atoms with E-state index in [0.717, 1.165) is 30.7 Å². The molecule has 1 fully saturated rings. The maximum atomic E-state index is 5.92. The van der Waals surface area contributed by atoms with Crippen LogP contribution in [-0.4, -0.2) is 11.5 Å². The van der Waals surface area contributed by atoms with Crippen molar-refractivity contribution in [2.75, 3.05) is 6.54 Å². The third-order valence-electron chi connectivity index (χ3n) is 3.33. The van der Waals surface area contributed by atoms with Crippen molar-refractivity contribution in [3.8, 4) is 0 Å². The van der Waals surface area contributed by atoms with E-state index < -0.39 is 0 Å². The van der Waals surface area contributed by atoms with Crippen LogP contribution >= 0.6 is 23.2 Å². The molecule has 3 heterocycles. The van der Waals surface area contributed by atoms with Crippen molar-refractivity contribution in [3.05, 3.63) is 28.1 Å². The van der Waals surface area contributed by atoms with Gasteiger partial charge in [0.1, 0.15) is 16.4 Å². The highest BCUT2D eigenvalue weighted by Gasteiger charge is 2.33. The van der Waals surface area contributed by atoms with Gasteiger partial charge in [0, 0.05) is 12.1 Å². The molecule has 90 valence electrons. The minimum absolute atomic E-state index is 0.0976. The van der Waals surface area contributed by atoms with Crippen molar-refractivity contribution in [2.45, 2.75) is 25.3 Å². The van der Waals surface area contributed by atoms with Crippen molar-refractivity contribution in [2.24, 2.45) is 0 Å². The Labute approximate surface area is 109 Å². The minimum atomic E-state index is -0.0976. The van der Waals surface area contributed by atoms with Crippen LogP contribution < -0.4 is 5.32 Å². The summed E-state index contributed by atoms with van der Waals surface area (Å²) in [5, 5.41) is 4.19. The Kier molecular flexibility index (Phi) is 2.58. The first kappa shape index (κ1) is 11.3. The summed E-state index contributed by atoms with van der Waals surface area (Å²) in [7, 11) is 0. The van der Waals surface area contributed by atoms with Crippen LogP contribution in [0.5, 0.6) is 0 Å². The molecule has 0 saturated carbocycles. The van der Waals surface area contributed by atoms with E-state index in [1.54, 1.807) is 6.07 Å². The smallest absolute Gasteiger partial charge is 0.154 e. The molecule has 0 unspecified atom stereocenters. The fourth-order valence-corrected chi connectivity index (χ4v) is 2.58. The highest BCUT2D eigenvalue weighted by molar-refractivity contribution is 6.41. The summed E-state index contributed by atoms with van der Waals surface area (Å²) in [6, 6.07) is 3.66. The molecule has 1 saturated heterocycles. The average molecular weight is 271 g/mol. The van der Waals surface area contributed by atoms with Crippen molar-refractivity contribution < 1.29 is 4.42 Å². The van der Waals surface area contributed by atoms with E-state index in [2.05, 4.69) is 17.2 Å². The first-order valence-electron chi connectivity index (χ1n) is 5.60. The van der Waals surface area contributed by atoms with E-state index in [0.29, 0.717) is 15.8 Å². The summed E-state index contributed by atoms with van der Waals surface area (Å²) in [6.07, 6.45) is 2.22. The molecule has 5 heteroatoms. The Hall–Kier alpha value is -0.770. The van der Waals surface area contributed by atoms with Crippen LogP contribution in [0.3, 0.4) is 0 Å². The predicted octanol–water partition coefficient (Wildman–Crippen LogP) is 3.73. The number of nitrogens with one attached hydrogen (secondary N) is 1. The zero-order valence-corrected chi connectivity index (χ0v) is 10.9. The molecule has 0 radical (unpaired) electrons. The molecule has 1 aliphatic heterocycles. The van der Waals surface area contributed by atoms with Crippen molar-refractivity contribution >= 4 is 34.3 Å². The number of furan rings is 1. The Bertz CT molecular complexity index is 534. The van der Waals surface area contributed by atoms with E-state index >= 15 is 0 Å². The van der Waals surface area contributed by atoms with Crippen molar-refractivity contribution in [3.63, 3.8) is 0 Å². The minimum Gasteiger partial charge on any atom is -0.457 e. The second-order valence-electron chi connectivity index (χ2n) is 4.62. The van der Waals surface area contributed by atoms with E-state index in [9.17, 15) is 0 Å². The lowest BCUT2D eigenvalue weighted by atomic mass is 9.97. The number of hydrogen-bond acceptors (Lipinski definition) is 3. The maximum Gasteiger partial charge on any atom is 0.154 e. The molecule has 2 aromatic heterocycles. The molecule has 17 heavy (non-hydrogen) atoms. The lowest BCUT2D eigenvalue weighted by molar-refractivity contribution is 0.346. The van der Waals surface area contributed by atoms with Gasteiger partial charge >= 0.3 is 0 Å². The summed E-state index contributed by atoms with van der Waals surface area (Å²) in [6.45, 7) is 3.16. The number of pyridine rings is 1. The summed E-state index contributed by atoms with van der Waals surface area (Å²) in [5.41, 5.74) is 1.34. The molecule has 1 N–H and O–H groups in total. The Morgan fingerprint density at radius 3 is 2.94 bits per heavy atom. The largest absolute Gasteiger partial charge is 0.457 e. The van der Waals surface area contributed by atoms with Crippen LogP contribution in [0, 0.1) is 0 Å². The van der Waals surface area contributed by atoms with Crippen LogP contribution in [0.4, 0.5) is 0 Å². The standard InChI is InChI=1S/C12H12Cl2N2O/c1-12(3-2-4-15-12)10-6-8-9(17-10)5-7(13)11(14)16-8/h5-6,15H,2-4H2,1H3/t12-/m0/s1. The summed E-state index contributed by atoms with van der Waals surface area (Å²) < 4.78 is 5.82. The fraction of sp³-hybridized carbons (Fsp3) is 0.417. The molecule has 1 aliphatic rings. The van der Waals surface area contributed by atoms with Gasteiger partial charge in [-0.1, -0.05) is 23.2 Å². The third kappa shape index (κ3) is 1.82. The molecular weight excluding hydrogens is 259 g/mol. The fourth-order valence-electron chi connectivity index (χ4n) is 2.30. The predicted molar refractivity (Wildman–Crippen MR) is 68.6 cm³/mol. The number of hydrogen-bond donors (Lipinski definition) is 1. The lowest BCUT2D eigenvalue weighted by Crippen LogP contribution is -2.32. The van der Waals surface area contributed by atoms with E-state index in [-0.39, 0.29) is 5.54 Å². The quantitative estimate of drug-likeness (QED) is 0.803. The monoisotopic (exact) mass is 270 g/mol. The van der Waals surface area contributed by atoms with Gasteiger partial charge in [-0.05, 0) is 26.3 Å². The Balaban J connectivity index is 2.13. The zero-order valence-electron chi connectivity index (χ0n) is 9.39. The van der Waals surface area contributed by atoms with Crippen LogP contribution in [0.25, 0.3) is 11.1 Å². The van der Waals surface area contributed by atoms with Gasteiger partial charge in [-0.2, -0.15) is 0 Å². The molecule has 0 amide bonds. The zero-order chi connectivity index (χ0) is 12.0. The molecule has 0 bridgehead atoms. The van der Waals surface area contributed by atoms with Gasteiger partial charge in [-0.3, -0.25) is 0 Å². The van der Waals surface area contributed by atoms with Crippen molar-refractivity contribution in [1.82, 2.24) is 10.3 Å². The summed E-state index contributed by atoms with van der Waals surface area (Å²) in [4.78, 5) is 4.21. The second kappa shape index (κ2) is 3.87. The Morgan fingerprint density at radius 1 is 1.41 bits per heavy atom. The second-order valence-corrected chi connectivity index (χ2v) is 5.38. The highest BCUT2D eigenvalue weighted by atomic mass is 35.5. The van der Waals surface area contributed by atoms with Gasteiger partial charge < -0.3 is 9.73 Å². The van der Waals surface area contributed by atoms with Gasteiger partial charge in [-0.15, -0.1) is 0 Å². The molecule has 3 rings (SSSR count). The average Bonchev–Trinajstić information content (AvgIpc) is 2.87. The number of fused-ring (bicyclic) bond motifs is 1. The van der Waals surface area contributed by atoms with E-state index in [4.69, 9.17) is 27.6 Å². The molecule has 3 nitrogen and oxygen atoms in total. The number of nitrogens with zero attached hydrogens (tertiary/aromatic N) is 1.